The largest absolute Gasteiger partial charge is 0.339 e. The van der Waals surface area contributed by atoms with Gasteiger partial charge < -0.3 is 10.3 Å². The van der Waals surface area contributed by atoms with E-state index in [4.69, 9.17) is 10.3 Å². The Labute approximate surface area is 84.9 Å². The average Bonchev–Trinajstić information content (AvgIpc) is 2.30. The Morgan fingerprint density at radius 1 is 1.43 bits per heavy atom. The highest BCUT2D eigenvalue weighted by molar-refractivity contribution is 4.92. The first kappa shape index (κ1) is 11.2. The predicted molar refractivity (Wildman–Crippen MR) is 54.8 cm³/mol. The minimum absolute atomic E-state index is 0.290. The van der Waals surface area contributed by atoms with Gasteiger partial charge >= 0.3 is 0 Å². The molecular formula is C10H19N3O. The minimum atomic E-state index is -0.290. The third-order valence-electron chi connectivity index (χ3n) is 1.71. The van der Waals surface area contributed by atoms with Crippen molar-refractivity contribution in [1.82, 2.24) is 10.1 Å². The molecule has 0 saturated carbocycles. The van der Waals surface area contributed by atoms with Crippen molar-refractivity contribution in [3.63, 3.8) is 0 Å². The van der Waals surface area contributed by atoms with Gasteiger partial charge in [0.15, 0.2) is 5.82 Å². The minimum Gasteiger partial charge on any atom is -0.339 e. The van der Waals surface area contributed by atoms with E-state index in [1.807, 2.05) is 13.8 Å². The van der Waals surface area contributed by atoms with E-state index >= 15 is 0 Å². The maximum atomic E-state index is 5.85. The molecule has 0 bridgehead atoms. The van der Waals surface area contributed by atoms with Gasteiger partial charge in [0.25, 0.3) is 0 Å². The van der Waals surface area contributed by atoms with Crippen LogP contribution in [-0.4, -0.2) is 15.7 Å². The van der Waals surface area contributed by atoms with Crippen LogP contribution in [0.15, 0.2) is 4.52 Å². The molecule has 0 aliphatic heterocycles. The molecule has 0 fully saturated rings. The molecule has 1 heterocycles. The summed E-state index contributed by atoms with van der Waals surface area (Å²) in [7, 11) is 0. The smallest absolute Gasteiger partial charge is 0.228 e. The van der Waals surface area contributed by atoms with Crippen LogP contribution in [0.5, 0.6) is 0 Å². The lowest BCUT2D eigenvalue weighted by molar-refractivity contribution is 0.343. The third kappa shape index (κ3) is 3.87. The first-order valence-electron chi connectivity index (χ1n) is 4.97. The zero-order valence-corrected chi connectivity index (χ0v) is 9.37. The van der Waals surface area contributed by atoms with Crippen LogP contribution < -0.4 is 5.73 Å². The van der Waals surface area contributed by atoms with Crippen LogP contribution >= 0.6 is 0 Å². The highest BCUT2D eigenvalue weighted by atomic mass is 16.5. The monoisotopic (exact) mass is 197 g/mol. The number of aromatic nitrogens is 2. The van der Waals surface area contributed by atoms with Gasteiger partial charge in [-0.3, -0.25) is 0 Å². The van der Waals surface area contributed by atoms with E-state index in [0.29, 0.717) is 18.2 Å². The van der Waals surface area contributed by atoms with Gasteiger partial charge in [-0.15, -0.1) is 0 Å². The zero-order chi connectivity index (χ0) is 10.8. The molecule has 0 aliphatic rings. The van der Waals surface area contributed by atoms with Gasteiger partial charge in [0, 0.05) is 18.4 Å². The Balaban J connectivity index is 2.60. The standard InChI is InChI=1S/C10H19N3O/c1-7(2)5-8-12-9(14-13-8)6-10(3,4)11/h7H,5-6,11H2,1-4H3. The number of nitrogens with two attached hydrogens (primary N) is 1. The van der Waals surface area contributed by atoms with Crippen LogP contribution in [-0.2, 0) is 12.8 Å². The fourth-order valence-corrected chi connectivity index (χ4v) is 1.20. The topological polar surface area (TPSA) is 64.9 Å². The lowest BCUT2D eigenvalue weighted by atomic mass is 10.0. The molecule has 1 aromatic heterocycles. The van der Waals surface area contributed by atoms with Crippen molar-refractivity contribution < 1.29 is 4.52 Å². The first-order chi connectivity index (χ1) is 6.37. The summed E-state index contributed by atoms with van der Waals surface area (Å²) >= 11 is 0. The van der Waals surface area contributed by atoms with Gasteiger partial charge in [-0.1, -0.05) is 19.0 Å². The van der Waals surface area contributed by atoms with E-state index in [2.05, 4.69) is 24.0 Å². The molecule has 1 aromatic rings. The SMILES string of the molecule is CC(C)Cc1noc(CC(C)(C)N)n1. The van der Waals surface area contributed by atoms with Gasteiger partial charge in [-0.25, -0.2) is 0 Å². The number of hydrogen-bond donors (Lipinski definition) is 1. The molecule has 0 amide bonds. The quantitative estimate of drug-likeness (QED) is 0.795. The predicted octanol–water partition coefficient (Wildman–Crippen LogP) is 1.55. The molecular weight excluding hydrogens is 178 g/mol. The summed E-state index contributed by atoms with van der Waals surface area (Å²) < 4.78 is 5.10. The van der Waals surface area contributed by atoms with Gasteiger partial charge in [0.1, 0.15) is 0 Å². The Bertz CT molecular complexity index is 286. The Hall–Kier alpha value is -0.900. The summed E-state index contributed by atoms with van der Waals surface area (Å²) in [5, 5.41) is 3.90. The van der Waals surface area contributed by atoms with Gasteiger partial charge in [-0.05, 0) is 19.8 Å². The maximum absolute atomic E-state index is 5.85. The van der Waals surface area contributed by atoms with Crippen molar-refractivity contribution in [3.05, 3.63) is 11.7 Å². The van der Waals surface area contributed by atoms with E-state index in [0.717, 1.165) is 12.2 Å². The summed E-state index contributed by atoms with van der Waals surface area (Å²) in [5.74, 6) is 1.96. The van der Waals surface area contributed by atoms with Gasteiger partial charge in [0.05, 0.1) is 0 Å². The molecule has 0 unspecified atom stereocenters. The van der Waals surface area contributed by atoms with Gasteiger partial charge in [0.2, 0.25) is 5.89 Å². The summed E-state index contributed by atoms with van der Waals surface area (Å²) in [6, 6.07) is 0. The Morgan fingerprint density at radius 2 is 2.07 bits per heavy atom. The third-order valence-corrected chi connectivity index (χ3v) is 1.71. The van der Waals surface area contributed by atoms with Crippen molar-refractivity contribution in [2.75, 3.05) is 0 Å². The van der Waals surface area contributed by atoms with Gasteiger partial charge in [-0.2, -0.15) is 4.98 Å². The Kier molecular flexibility index (Phi) is 3.26. The molecule has 0 saturated heterocycles. The second kappa shape index (κ2) is 4.09. The van der Waals surface area contributed by atoms with Crippen LogP contribution in [0.2, 0.25) is 0 Å². The molecule has 0 aromatic carbocycles. The molecule has 0 atom stereocenters. The average molecular weight is 197 g/mol. The number of nitrogens with zero attached hydrogens (tertiary/aromatic N) is 2. The molecule has 2 N–H and O–H groups in total. The van der Waals surface area contributed by atoms with Crippen molar-refractivity contribution in [2.45, 2.75) is 46.1 Å². The van der Waals surface area contributed by atoms with Crippen molar-refractivity contribution in [3.8, 4) is 0 Å². The molecule has 4 nitrogen and oxygen atoms in total. The summed E-state index contributed by atoms with van der Waals surface area (Å²) in [6.45, 7) is 8.14. The molecule has 80 valence electrons. The van der Waals surface area contributed by atoms with E-state index in [-0.39, 0.29) is 5.54 Å². The van der Waals surface area contributed by atoms with Crippen molar-refractivity contribution >= 4 is 0 Å². The van der Waals surface area contributed by atoms with Crippen LogP contribution in [0.25, 0.3) is 0 Å². The van der Waals surface area contributed by atoms with Crippen molar-refractivity contribution in [2.24, 2.45) is 11.7 Å². The molecule has 0 aliphatic carbocycles. The number of rotatable bonds is 4. The summed E-state index contributed by atoms with van der Waals surface area (Å²) in [4.78, 5) is 4.28. The van der Waals surface area contributed by atoms with E-state index in [1.54, 1.807) is 0 Å². The molecule has 14 heavy (non-hydrogen) atoms. The summed E-state index contributed by atoms with van der Waals surface area (Å²) in [6.07, 6.45) is 1.48. The zero-order valence-electron chi connectivity index (χ0n) is 9.37. The second-order valence-corrected chi connectivity index (χ2v) is 4.87. The molecule has 0 spiro atoms. The van der Waals surface area contributed by atoms with E-state index < -0.39 is 0 Å². The Morgan fingerprint density at radius 3 is 2.57 bits per heavy atom. The van der Waals surface area contributed by atoms with Crippen LogP contribution in [0.1, 0.15) is 39.4 Å². The van der Waals surface area contributed by atoms with E-state index in [1.165, 1.54) is 0 Å². The van der Waals surface area contributed by atoms with Crippen molar-refractivity contribution in [1.29, 1.82) is 0 Å². The fraction of sp³-hybridized carbons (Fsp3) is 0.800. The number of hydrogen-bond acceptors (Lipinski definition) is 4. The normalized spacial score (nSPS) is 12.4. The fourth-order valence-electron chi connectivity index (χ4n) is 1.20. The maximum Gasteiger partial charge on any atom is 0.228 e. The highest BCUT2D eigenvalue weighted by Gasteiger charge is 2.17. The lowest BCUT2D eigenvalue weighted by Gasteiger charge is -2.14. The van der Waals surface area contributed by atoms with Crippen LogP contribution in [0.3, 0.4) is 0 Å². The second-order valence-electron chi connectivity index (χ2n) is 4.87. The summed E-state index contributed by atoms with van der Waals surface area (Å²) in [5.41, 5.74) is 5.56. The van der Waals surface area contributed by atoms with E-state index in [9.17, 15) is 0 Å². The first-order valence-corrected chi connectivity index (χ1v) is 4.97. The molecule has 0 radical (unpaired) electrons. The lowest BCUT2D eigenvalue weighted by Crippen LogP contribution is -2.34. The molecule has 4 heteroatoms. The van der Waals surface area contributed by atoms with Crippen LogP contribution in [0.4, 0.5) is 0 Å². The highest BCUT2D eigenvalue weighted by Crippen LogP contribution is 2.09. The van der Waals surface area contributed by atoms with Crippen LogP contribution in [0, 0.1) is 5.92 Å². The molecule has 1 rings (SSSR count).